The van der Waals surface area contributed by atoms with E-state index in [2.05, 4.69) is 11.1 Å². The zero-order chi connectivity index (χ0) is 13.9. The number of aromatic nitrogens is 1. The average Bonchev–Trinajstić information content (AvgIpc) is 2.89. The Morgan fingerprint density at radius 1 is 1.09 bits per heavy atom. The first-order valence-corrected chi connectivity index (χ1v) is 8.44. The molecule has 2 aromatic rings. The molecule has 0 aliphatic heterocycles. The van der Waals surface area contributed by atoms with E-state index in [4.69, 9.17) is 14.2 Å². The molecule has 0 bridgehead atoms. The van der Waals surface area contributed by atoms with Crippen LogP contribution in [-0.4, -0.2) is 42.7 Å². The summed E-state index contributed by atoms with van der Waals surface area (Å²) in [5.41, 5.74) is 0.962. The van der Waals surface area contributed by atoms with Crippen LogP contribution < -0.4 is 0 Å². The van der Waals surface area contributed by atoms with Crippen LogP contribution in [0.25, 0.3) is 10.2 Å². The van der Waals surface area contributed by atoms with Gasteiger partial charge in [0.15, 0.2) is 5.01 Å². The lowest BCUT2D eigenvalue weighted by molar-refractivity contribution is -0.269. The molecule has 0 saturated heterocycles. The van der Waals surface area contributed by atoms with Gasteiger partial charge in [-0.2, -0.15) is 54.0 Å². The van der Waals surface area contributed by atoms with E-state index in [0.717, 1.165) is 31.5 Å². The van der Waals surface area contributed by atoms with Crippen LogP contribution in [0.3, 0.4) is 0 Å². The highest BCUT2D eigenvalue weighted by atomic mass is 32.1. The normalized spacial score (nSPS) is 11.6. The molecule has 1 aromatic heterocycles. The predicted molar refractivity (Wildman–Crippen MR) is 122 cm³/mol. The van der Waals surface area contributed by atoms with E-state index in [1.165, 1.54) is 0 Å². The molecule has 136 valence electrons. The Bertz CT molecular complexity index is 516. The van der Waals surface area contributed by atoms with Crippen molar-refractivity contribution in [1.82, 2.24) is 4.98 Å². The number of hydrogen-bond acceptors (Lipinski definition) is 5. The molecule has 0 amide bonds. The minimum atomic E-state index is -0.916. The van der Waals surface area contributed by atoms with Gasteiger partial charge in [-0.25, -0.2) is 4.98 Å². The Labute approximate surface area is 172 Å². The largest absolute Gasteiger partial charge is 0.376 e. The molecule has 1 aromatic carbocycles. The van der Waals surface area contributed by atoms with E-state index in [-0.39, 0.29) is 60.1 Å². The monoisotopic (exact) mass is 433 g/mol. The maximum absolute atomic E-state index is 5.67. The first kappa shape index (κ1) is 28.4. The molecule has 0 spiro atoms. The van der Waals surface area contributed by atoms with Gasteiger partial charge in [-0.05, 0) is 18.2 Å². The summed E-state index contributed by atoms with van der Waals surface area (Å²) in [5.74, 6) is -0.916. The summed E-state index contributed by atoms with van der Waals surface area (Å²) in [6.45, 7) is 0. The maximum atomic E-state index is 5.67. The fourth-order valence-electron chi connectivity index (χ4n) is 2.27. The van der Waals surface area contributed by atoms with Crippen LogP contribution in [0.5, 0.6) is 0 Å². The van der Waals surface area contributed by atoms with E-state index >= 15 is 0 Å². The number of fused-ring (bicyclic) bond motifs is 1. The van der Waals surface area contributed by atoms with Crippen LogP contribution in [0, 0.1) is 0 Å². The Hall–Kier alpha value is 0.607. The van der Waals surface area contributed by atoms with Gasteiger partial charge in [0.25, 0.3) is 0 Å². The van der Waals surface area contributed by atoms with Gasteiger partial charge < -0.3 is 14.2 Å². The summed E-state index contributed by atoms with van der Waals surface area (Å²) in [4.78, 5) is 4.65. The molecule has 0 saturated carbocycles. The van der Waals surface area contributed by atoms with Crippen LogP contribution in [0.4, 0.5) is 0 Å². The zero-order valence-corrected chi connectivity index (χ0v) is 20.5. The highest BCUT2D eigenvalue weighted by Gasteiger charge is 2.43. The van der Waals surface area contributed by atoms with Crippen molar-refractivity contribution in [2.45, 2.75) is 17.9 Å². The fraction of sp³-hybridized carbons (Fsp3) is 0.462. The van der Waals surface area contributed by atoms with Crippen molar-refractivity contribution < 1.29 is 14.2 Å². The summed E-state index contributed by atoms with van der Waals surface area (Å²) in [6, 6.07) is 8.94. The van der Waals surface area contributed by atoms with Crippen molar-refractivity contribution in [2.75, 3.05) is 21.3 Å². The van der Waals surface area contributed by atoms with Gasteiger partial charge in [-0.15, -0.1) is 11.3 Å². The Balaban J connectivity index is -0.000001000. The van der Waals surface area contributed by atoms with Crippen molar-refractivity contribution in [2.24, 2.45) is 0 Å². The lowest BCUT2D eigenvalue weighted by Gasteiger charge is -2.34. The van der Waals surface area contributed by atoms with Gasteiger partial charge in [0.2, 0.25) is 5.79 Å². The van der Waals surface area contributed by atoms with E-state index in [1.54, 1.807) is 32.7 Å². The van der Waals surface area contributed by atoms with Crippen molar-refractivity contribution in [3.63, 3.8) is 0 Å². The van der Waals surface area contributed by atoms with Crippen molar-refractivity contribution >= 4 is 85.8 Å². The molecule has 4 nitrogen and oxygen atoms in total. The smallest absolute Gasteiger partial charge is 0.248 e. The molecule has 10 heteroatoms. The Morgan fingerprint density at radius 2 is 1.65 bits per heavy atom. The van der Waals surface area contributed by atoms with Crippen LogP contribution in [0.15, 0.2) is 24.3 Å². The van der Waals surface area contributed by atoms with E-state index < -0.39 is 5.79 Å². The third-order valence-electron chi connectivity index (χ3n) is 3.28. The highest BCUT2D eigenvalue weighted by Crippen LogP contribution is 2.37. The number of thiazole rings is 1. The Morgan fingerprint density at radius 3 is 2.09 bits per heavy atom. The standard InChI is InChI=1S/C13H19NO3SSi.4H2S/c1-15-11(8-19)13(16-2,17-3)12-14-9-6-4-5-7-10(9)18-12;;;;/h4-7,11H,8H2,1-3,19H3;4*1H2. The molecule has 0 aliphatic carbocycles. The molecular formula is C13H27NO3S5Si. The third-order valence-corrected chi connectivity index (χ3v) is 5.15. The number of ether oxygens (including phenoxy) is 3. The van der Waals surface area contributed by atoms with Crippen molar-refractivity contribution in [3.05, 3.63) is 29.3 Å². The van der Waals surface area contributed by atoms with Gasteiger partial charge in [-0.3, -0.25) is 0 Å². The van der Waals surface area contributed by atoms with E-state index in [9.17, 15) is 0 Å². The second-order valence-corrected chi connectivity index (χ2v) is 6.04. The van der Waals surface area contributed by atoms with Gasteiger partial charge >= 0.3 is 0 Å². The maximum Gasteiger partial charge on any atom is 0.248 e. The number of methoxy groups -OCH3 is 3. The fourth-order valence-corrected chi connectivity index (χ4v) is 4.30. The second-order valence-electron chi connectivity index (χ2n) is 4.20. The number of para-hydroxylation sites is 1. The van der Waals surface area contributed by atoms with Crippen molar-refractivity contribution in [1.29, 1.82) is 0 Å². The molecule has 23 heavy (non-hydrogen) atoms. The highest BCUT2D eigenvalue weighted by molar-refractivity contribution is 7.59. The molecule has 0 fully saturated rings. The van der Waals surface area contributed by atoms with Crippen LogP contribution in [0.1, 0.15) is 5.01 Å². The van der Waals surface area contributed by atoms with Crippen LogP contribution in [-0.2, 0) is 20.0 Å². The number of benzene rings is 1. The summed E-state index contributed by atoms with van der Waals surface area (Å²) in [6.07, 6.45) is -0.144. The lowest BCUT2D eigenvalue weighted by atomic mass is 10.1. The predicted octanol–water partition coefficient (Wildman–Crippen LogP) is 1.99. The van der Waals surface area contributed by atoms with E-state index in [1.807, 2.05) is 18.2 Å². The van der Waals surface area contributed by atoms with Gasteiger partial charge in [0, 0.05) is 31.6 Å². The first-order chi connectivity index (χ1) is 9.21. The van der Waals surface area contributed by atoms with Gasteiger partial charge in [0.1, 0.15) is 6.10 Å². The quantitative estimate of drug-likeness (QED) is 0.516. The minimum absolute atomic E-state index is 0. The van der Waals surface area contributed by atoms with Crippen LogP contribution in [0.2, 0.25) is 6.04 Å². The SMILES string of the molecule is COC(C[SiH3])C(OC)(OC)c1nc2ccccc2s1.S.S.S.S. The molecule has 0 aliphatic rings. The molecule has 0 radical (unpaired) electrons. The number of nitrogens with zero attached hydrogens (tertiary/aromatic N) is 1. The number of hydrogen-bond donors (Lipinski definition) is 0. The molecule has 1 heterocycles. The minimum Gasteiger partial charge on any atom is -0.376 e. The molecule has 2 rings (SSSR count). The second kappa shape index (κ2) is 12.9. The average molecular weight is 434 g/mol. The summed E-state index contributed by atoms with van der Waals surface area (Å²) in [5, 5.41) is 0.807. The molecule has 1 atom stereocenters. The lowest BCUT2D eigenvalue weighted by Crippen LogP contribution is -2.44. The topological polar surface area (TPSA) is 40.6 Å². The first-order valence-electron chi connectivity index (χ1n) is 6.21. The third kappa shape index (κ3) is 5.55. The van der Waals surface area contributed by atoms with Gasteiger partial charge in [-0.1, -0.05) is 12.1 Å². The van der Waals surface area contributed by atoms with Gasteiger partial charge in [0.05, 0.1) is 10.2 Å². The van der Waals surface area contributed by atoms with E-state index in [0.29, 0.717) is 0 Å². The van der Waals surface area contributed by atoms with Crippen molar-refractivity contribution in [3.8, 4) is 0 Å². The molecule has 1 unspecified atom stereocenters. The molecular weight excluding hydrogens is 407 g/mol. The summed E-state index contributed by atoms with van der Waals surface area (Å²) in [7, 11) is 5.96. The number of rotatable bonds is 6. The Kier molecular flexibility index (Phi) is 15.9. The zero-order valence-electron chi connectivity index (χ0n) is 13.7. The van der Waals surface area contributed by atoms with Crippen LogP contribution >= 0.6 is 65.3 Å². The summed E-state index contributed by atoms with van der Waals surface area (Å²) >= 11 is 1.59. The summed E-state index contributed by atoms with van der Waals surface area (Å²) < 4.78 is 18.0. The molecule has 0 N–H and O–H groups in total.